The van der Waals surface area contributed by atoms with Crippen LogP contribution in [0.15, 0.2) is 42.2 Å². The molecule has 0 unspecified atom stereocenters. The number of benzene rings is 1. The van der Waals surface area contributed by atoms with E-state index in [1.807, 2.05) is 18.8 Å². The largest absolute Gasteiger partial charge is 0.342 e. The maximum absolute atomic E-state index is 4.13. The van der Waals surface area contributed by atoms with E-state index < -0.39 is 0 Å². The van der Waals surface area contributed by atoms with Crippen LogP contribution in [0.25, 0.3) is 10.9 Å². The summed E-state index contributed by atoms with van der Waals surface area (Å²) in [5.41, 5.74) is 4.54. The maximum atomic E-state index is 4.13. The Bertz CT molecular complexity index is 640. The van der Waals surface area contributed by atoms with Gasteiger partial charge in [-0.1, -0.05) is 18.2 Å². The van der Waals surface area contributed by atoms with Crippen molar-refractivity contribution in [2.24, 2.45) is 0 Å². The number of nitrogens with one attached hydrogen (secondary N) is 1. The molecule has 4 heteroatoms. The molecule has 0 saturated carbocycles. The number of para-hydroxylation sites is 1. The number of rotatable bonds is 4. The van der Waals surface area contributed by atoms with Gasteiger partial charge in [0.2, 0.25) is 0 Å². The predicted molar refractivity (Wildman–Crippen MR) is 75.9 cm³/mol. The van der Waals surface area contributed by atoms with Crippen LogP contribution < -0.4 is 5.32 Å². The number of aromatic nitrogens is 2. The smallest absolute Gasteiger partial charge is 0.0794 e. The molecule has 0 fully saturated rings. The van der Waals surface area contributed by atoms with E-state index in [0.717, 1.165) is 13.1 Å². The van der Waals surface area contributed by atoms with E-state index in [1.165, 1.54) is 21.3 Å². The van der Waals surface area contributed by atoms with Crippen LogP contribution in [0, 0.1) is 0 Å². The zero-order chi connectivity index (χ0) is 12.4. The third-order valence-electron chi connectivity index (χ3n) is 3.05. The van der Waals surface area contributed by atoms with Gasteiger partial charge in [-0.2, -0.15) is 0 Å². The topological polar surface area (TPSA) is 29.9 Å². The minimum atomic E-state index is 0.893. The molecule has 3 nitrogen and oxygen atoms in total. The van der Waals surface area contributed by atoms with Gasteiger partial charge in [-0.25, -0.2) is 0 Å². The number of fused-ring (bicyclic) bond motifs is 1. The highest BCUT2D eigenvalue weighted by molar-refractivity contribution is 7.09. The first-order valence-corrected chi connectivity index (χ1v) is 6.85. The summed E-state index contributed by atoms with van der Waals surface area (Å²) >= 11 is 1.70. The summed E-state index contributed by atoms with van der Waals surface area (Å²) in [5, 5.41) is 4.53. The number of nitrogens with zero attached hydrogens (tertiary/aromatic N) is 2. The fourth-order valence-electron chi connectivity index (χ4n) is 2.29. The second kappa shape index (κ2) is 4.92. The van der Waals surface area contributed by atoms with Crippen LogP contribution in [0.3, 0.4) is 0 Å². The minimum Gasteiger partial charge on any atom is -0.342 e. The first kappa shape index (κ1) is 11.4. The van der Waals surface area contributed by atoms with Gasteiger partial charge in [-0.3, -0.25) is 4.98 Å². The SMILES string of the molecule is CNCc1cccc2ccn(Cc3cncs3)c12. The van der Waals surface area contributed by atoms with Gasteiger partial charge in [0.1, 0.15) is 0 Å². The highest BCUT2D eigenvalue weighted by atomic mass is 32.1. The van der Waals surface area contributed by atoms with Gasteiger partial charge >= 0.3 is 0 Å². The average Bonchev–Trinajstić information content (AvgIpc) is 3.01. The van der Waals surface area contributed by atoms with E-state index in [-0.39, 0.29) is 0 Å². The number of thiazole rings is 1. The molecule has 0 saturated heterocycles. The van der Waals surface area contributed by atoms with Crippen LogP contribution in [0.5, 0.6) is 0 Å². The maximum Gasteiger partial charge on any atom is 0.0794 e. The highest BCUT2D eigenvalue weighted by Crippen LogP contribution is 2.22. The van der Waals surface area contributed by atoms with Crippen LogP contribution in [0.2, 0.25) is 0 Å². The van der Waals surface area contributed by atoms with Gasteiger partial charge in [0.05, 0.1) is 17.6 Å². The van der Waals surface area contributed by atoms with Crippen molar-refractivity contribution in [3.63, 3.8) is 0 Å². The second-order valence-corrected chi connectivity index (χ2v) is 5.27. The molecule has 0 amide bonds. The second-order valence-electron chi connectivity index (χ2n) is 4.30. The summed E-state index contributed by atoms with van der Waals surface area (Å²) in [4.78, 5) is 5.42. The molecule has 0 spiro atoms. The van der Waals surface area contributed by atoms with Crippen LogP contribution in [0.1, 0.15) is 10.4 Å². The quantitative estimate of drug-likeness (QED) is 0.779. The first-order valence-electron chi connectivity index (χ1n) is 5.97. The van der Waals surface area contributed by atoms with Crippen LogP contribution >= 0.6 is 11.3 Å². The normalized spacial score (nSPS) is 11.2. The van der Waals surface area contributed by atoms with E-state index in [0.29, 0.717) is 0 Å². The Balaban J connectivity index is 2.06. The zero-order valence-corrected chi connectivity index (χ0v) is 11.1. The molecule has 2 heterocycles. The van der Waals surface area contributed by atoms with Crippen molar-refractivity contribution >= 4 is 22.2 Å². The lowest BCUT2D eigenvalue weighted by Gasteiger charge is -2.08. The molecular formula is C14H15N3S. The summed E-state index contributed by atoms with van der Waals surface area (Å²) in [7, 11) is 1.98. The third kappa shape index (κ3) is 2.05. The van der Waals surface area contributed by atoms with Gasteiger partial charge < -0.3 is 9.88 Å². The molecule has 92 valence electrons. The average molecular weight is 257 g/mol. The summed E-state index contributed by atoms with van der Waals surface area (Å²) in [6.45, 7) is 1.79. The molecule has 0 aliphatic heterocycles. The predicted octanol–water partition coefficient (Wildman–Crippen LogP) is 2.87. The van der Waals surface area contributed by atoms with Crippen molar-refractivity contribution in [1.82, 2.24) is 14.9 Å². The van der Waals surface area contributed by atoms with Gasteiger partial charge in [0, 0.05) is 23.8 Å². The van der Waals surface area contributed by atoms with Gasteiger partial charge in [0.25, 0.3) is 0 Å². The molecule has 2 aromatic heterocycles. The van der Waals surface area contributed by atoms with Crippen molar-refractivity contribution in [2.75, 3.05) is 7.05 Å². The molecular weight excluding hydrogens is 242 g/mol. The summed E-state index contributed by atoms with van der Waals surface area (Å²) < 4.78 is 2.30. The first-order chi connectivity index (χ1) is 8.88. The van der Waals surface area contributed by atoms with E-state index in [2.05, 4.69) is 45.3 Å². The number of hydrogen-bond donors (Lipinski definition) is 1. The molecule has 0 aliphatic rings. The van der Waals surface area contributed by atoms with E-state index in [4.69, 9.17) is 0 Å². The lowest BCUT2D eigenvalue weighted by atomic mass is 10.1. The lowest BCUT2D eigenvalue weighted by Crippen LogP contribution is -2.07. The van der Waals surface area contributed by atoms with Crippen molar-refractivity contribution in [3.8, 4) is 0 Å². The lowest BCUT2D eigenvalue weighted by molar-refractivity contribution is 0.800. The molecule has 1 N–H and O–H groups in total. The minimum absolute atomic E-state index is 0.893. The molecule has 3 aromatic rings. The summed E-state index contributed by atoms with van der Waals surface area (Å²) in [5.74, 6) is 0. The molecule has 0 atom stereocenters. The molecule has 1 aromatic carbocycles. The van der Waals surface area contributed by atoms with Crippen LogP contribution in [-0.4, -0.2) is 16.6 Å². The molecule has 18 heavy (non-hydrogen) atoms. The molecule has 0 radical (unpaired) electrons. The highest BCUT2D eigenvalue weighted by Gasteiger charge is 2.07. The monoisotopic (exact) mass is 257 g/mol. The Morgan fingerprint density at radius 1 is 1.33 bits per heavy atom. The van der Waals surface area contributed by atoms with Crippen LogP contribution in [0.4, 0.5) is 0 Å². The number of hydrogen-bond acceptors (Lipinski definition) is 3. The molecule has 3 rings (SSSR count). The molecule has 0 bridgehead atoms. The van der Waals surface area contributed by atoms with Gasteiger partial charge in [-0.15, -0.1) is 11.3 Å². The van der Waals surface area contributed by atoms with Crippen molar-refractivity contribution in [1.29, 1.82) is 0 Å². The van der Waals surface area contributed by atoms with Crippen molar-refractivity contribution in [2.45, 2.75) is 13.1 Å². The summed E-state index contributed by atoms with van der Waals surface area (Å²) in [6.07, 6.45) is 4.10. The fraction of sp³-hybridized carbons (Fsp3) is 0.214. The van der Waals surface area contributed by atoms with Gasteiger partial charge in [0.15, 0.2) is 0 Å². The van der Waals surface area contributed by atoms with Gasteiger partial charge in [-0.05, 0) is 24.1 Å². The third-order valence-corrected chi connectivity index (χ3v) is 3.81. The Kier molecular flexibility index (Phi) is 3.13. The van der Waals surface area contributed by atoms with Crippen LogP contribution in [-0.2, 0) is 13.1 Å². The van der Waals surface area contributed by atoms with E-state index in [9.17, 15) is 0 Å². The van der Waals surface area contributed by atoms with Crippen molar-refractivity contribution < 1.29 is 0 Å². The Hall–Kier alpha value is -1.65. The Labute approximate surface area is 110 Å². The van der Waals surface area contributed by atoms with E-state index in [1.54, 1.807) is 11.3 Å². The summed E-state index contributed by atoms with van der Waals surface area (Å²) in [6, 6.07) is 8.64. The Morgan fingerprint density at radius 3 is 3.06 bits per heavy atom. The zero-order valence-electron chi connectivity index (χ0n) is 10.3. The standard InChI is InChI=1S/C14H15N3S/c1-15-7-12-4-2-3-11-5-6-17(14(11)12)9-13-8-16-10-18-13/h2-6,8,10,15H,7,9H2,1H3. The molecule has 0 aliphatic carbocycles. The fourth-order valence-corrected chi connectivity index (χ4v) is 2.89. The van der Waals surface area contributed by atoms with E-state index >= 15 is 0 Å². The Morgan fingerprint density at radius 2 is 2.28 bits per heavy atom. The van der Waals surface area contributed by atoms with Crippen molar-refractivity contribution in [3.05, 3.63) is 52.6 Å².